The summed E-state index contributed by atoms with van der Waals surface area (Å²) in [7, 11) is 0. The molecule has 0 fully saturated rings. The number of benzene rings is 1. The van der Waals surface area contributed by atoms with Crippen LogP contribution in [0, 0.1) is 6.92 Å². The van der Waals surface area contributed by atoms with E-state index in [2.05, 4.69) is 42.6 Å². The third kappa shape index (κ3) is 2.77. The molecule has 1 unspecified atom stereocenters. The van der Waals surface area contributed by atoms with E-state index in [1.54, 1.807) is 6.26 Å². The van der Waals surface area contributed by atoms with Gasteiger partial charge in [0.15, 0.2) is 0 Å². The number of furan rings is 1. The van der Waals surface area contributed by atoms with E-state index >= 15 is 0 Å². The first-order chi connectivity index (χ1) is 8.33. The Hall–Kier alpha value is -1.54. The molecule has 0 bridgehead atoms. The van der Waals surface area contributed by atoms with Crippen LogP contribution in [-0.2, 0) is 0 Å². The highest BCUT2D eigenvalue weighted by Gasteiger charge is 2.16. The van der Waals surface area contributed by atoms with Gasteiger partial charge in [0.25, 0.3) is 0 Å². The van der Waals surface area contributed by atoms with Crippen LogP contribution in [0.5, 0.6) is 0 Å². The summed E-state index contributed by atoms with van der Waals surface area (Å²) in [6.45, 7) is 5.19. The zero-order valence-electron chi connectivity index (χ0n) is 10.4. The standard InChI is InChI=1S/C15H19NO/c1-3-10-16-15(13-7-5-4-6-8-13)14-9-11-17-12(14)2/h4-9,11,15-16H,3,10H2,1-2H3. The van der Waals surface area contributed by atoms with Crippen LogP contribution >= 0.6 is 0 Å². The summed E-state index contributed by atoms with van der Waals surface area (Å²) in [6.07, 6.45) is 2.88. The van der Waals surface area contributed by atoms with E-state index < -0.39 is 0 Å². The first-order valence-corrected chi connectivity index (χ1v) is 6.15. The largest absolute Gasteiger partial charge is 0.469 e. The molecule has 1 N–H and O–H groups in total. The third-order valence-corrected chi connectivity index (χ3v) is 2.94. The minimum atomic E-state index is 0.231. The van der Waals surface area contributed by atoms with Gasteiger partial charge in [-0.3, -0.25) is 0 Å². The zero-order chi connectivity index (χ0) is 12.1. The van der Waals surface area contributed by atoms with Crippen molar-refractivity contribution in [3.05, 3.63) is 59.5 Å². The molecule has 2 nitrogen and oxygen atoms in total. The predicted molar refractivity (Wildman–Crippen MR) is 70.0 cm³/mol. The fraction of sp³-hybridized carbons (Fsp3) is 0.333. The van der Waals surface area contributed by atoms with Crippen molar-refractivity contribution in [2.45, 2.75) is 26.3 Å². The van der Waals surface area contributed by atoms with Gasteiger partial charge in [0.2, 0.25) is 0 Å². The predicted octanol–water partition coefficient (Wildman–Crippen LogP) is 3.68. The van der Waals surface area contributed by atoms with Gasteiger partial charge in [-0.15, -0.1) is 0 Å². The highest BCUT2D eigenvalue weighted by atomic mass is 16.3. The van der Waals surface area contributed by atoms with Crippen molar-refractivity contribution in [2.24, 2.45) is 0 Å². The molecule has 0 spiro atoms. The summed E-state index contributed by atoms with van der Waals surface area (Å²) in [5.74, 6) is 0.988. The van der Waals surface area contributed by atoms with Crippen molar-refractivity contribution in [3.63, 3.8) is 0 Å². The van der Waals surface area contributed by atoms with Gasteiger partial charge >= 0.3 is 0 Å². The molecule has 1 aromatic heterocycles. The Kier molecular flexibility index (Phi) is 3.99. The van der Waals surface area contributed by atoms with Crippen LogP contribution in [0.4, 0.5) is 0 Å². The van der Waals surface area contributed by atoms with Crippen LogP contribution in [-0.4, -0.2) is 6.54 Å². The second-order valence-electron chi connectivity index (χ2n) is 4.23. The Labute approximate surface area is 103 Å². The molecule has 17 heavy (non-hydrogen) atoms. The SMILES string of the molecule is CCCNC(c1ccccc1)c1ccoc1C. The molecular formula is C15H19NO. The summed E-state index contributed by atoms with van der Waals surface area (Å²) in [6, 6.07) is 12.8. The molecule has 2 aromatic rings. The van der Waals surface area contributed by atoms with Crippen molar-refractivity contribution in [1.29, 1.82) is 0 Å². The van der Waals surface area contributed by atoms with Crippen molar-refractivity contribution < 1.29 is 4.42 Å². The normalized spacial score (nSPS) is 12.6. The van der Waals surface area contributed by atoms with Crippen molar-refractivity contribution in [2.75, 3.05) is 6.54 Å². The van der Waals surface area contributed by atoms with E-state index in [4.69, 9.17) is 4.42 Å². The van der Waals surface area contributed by atoms with E-state index in [1.807, 2.05) is 13.0 Å². The van der Waals surface area contributed by atoms with Gasteiger partial charge in [-0.1, -0.05) is 37.3 Å². The fourth-order valence-corrected chi connectivity index (χ4v) is 2.04. The molecule has 1 aromatic carbocycles. The number of aryl methyl sites for hydroxylation is 1. The van der Waals surface area contributed by atoms with Crippen molar-refractivity contribution in [3.8, 4) is 0 Å². The summed E-state index contributed by atoms with van der Waals surface area (Å²) in [5.41, 5.74) is 2.51. The Morgan fingerprint density at radius 3 is 2.53 bits per heavy atom. The van der Waals surface area contributed by atoms with E-state index in [0.29, 0.717) is 0 Å². The smallest absolute Gasteiger partial charge is 0.105 e. The first-order valence-electron chi connectivity index (χ1n) is 6.15. The highest BCUT2D eigenvalue weighted by Crippen LogP contribution is 2.25. The molecule has 0 saturated carbocycles. The van der Waals surface area contributed by atoms with Crippen molar-refractivity contribution in [1.82, 2.24) is 5.32 Å². The quantitative estimate of drug-likeness (QED) is 0.846. The Morgan fingerprint density at radius 2 is 1.94 bits per heavy atom. The minimum absolute atomic E-state index is 0.231. The number of rotatable bonds is 5. The van der Waals surface area contributed by atoms with Crippen LogP contribution in [0.15, 0.2) is 47.1 Å². The lowest BCUT2D eigenvalue weighted by Crippen LogP contribution is -2.23. The minimum Gasteiger partial charge on any atom is -0.469 e. The first kappa shape index (κ1) is 11.9. The van der Waals surface area contributed by atoms with Crippen LogP contribution in [0.25, 0.3) is 0 Å². The van der Waals surface area contributed by atoms with Gasteiger partial charge in [0, 0.05) is 5.56 Å². The van der Waals surface area contributed by atoms with Crippen LogP contribution < -0.4 is 5.32 Å². The fourth-order valence-electron chi connectivity index (χ4n) is 2.04. The lowest BCUT2D eigenvalue weighted by atomic mass is 9.99. The number of nitrogens with one attached hydrogen (secondary N) is 1. The Morgan fingerprint density at radius 1 is 1.18 bits per heavy atom. The molecule has 0 aliphatic rings. The zero-order valence-corrected chi connectivity index (χ0v) is 10.4. The summed E-state index contributed by atoms with van der Waals surface area (Å²) in [4.78, 5) is 0. The number of hydrogen-bond acceptors (Lipinski definition) is 2. The van der Waals surface area contributed by atoms with Gasteiger partial charge in [-0.2, -0.15) is 0 Å². The topological polar surface area (TPSA) is 25.2 Å². The second kappa shape index (κ2) is 5.69. The molecular weight excluding hydrogens is 210 g/mol. The Balaban J connectivity index is 2.29. The third-order valence-electron chi connectivity index (χ3n) is 2.94. The molecule has 0 saturated heterocycles. The monoisotopic (exact) mass is 229 g/mol. The van der Waals surface area contributed by atoms with Crippen molar-refractivity contribution >= 4 is 0 Å². The molecule has 1 atom stereocenters. The van der Waals surface area contributed by atoms with E-state index in [0.717, 1.165) is 18.7 Å². The molecule has 2 heteroatoms. The van der Waals surface area contributed by atoms with Gasteiger partial charge in [0.05, 0.1) is 12.3 Å². The van der Waals surface area contributed by atoms with Gasteiger partial charge in [0.1, 0.15) is 5.76 Å². The maximum atomic E-state index is 5.41. The van der Waals surface area contributed by atoms with E-state index in [1.165, 1.54) is 11.1 Å². The van der Waals surface area contributed by atoms with Crippen LogP contribution in [0.3, 0.4) is 0 Å². The summed E-state index contributed by atoms with van der Waals surface area (Å²) in [5, 5.41) is 3.57. The summed E-state index contributed by atoms with van der Waals surface area (Å²) < 4.78 is 5.41. The molecule has 0 aliphatic heterocycles. The average molecular weight is 229 g/mol. The molecule has 2 rings (SSSR count). The van der Waals surface area contributed by atoms with Gasteiger partial charge in [-0.05, 0) is 31.5 Å². The average Bonchev–Trinajstić information content (AvgIpc) is 2.78. The lowest BCUT2D eigenvalue weighted by Gasteiger charge is -2.18. The maximum Gasteiger partial charge on any atom is 0.105 e. The Bertz CT molecular complexity index is 447. The molecule has 0 amide bonds. The highest BCUT2D eigenvalue weighted by molar-refractivity contribution is 5.32. The summed E-state index contributed by atoms with van der Waals surface area (Å²) >= 11 is 0. The van der Waals surface area contributed by atoms with E-state index in [9.17, 15) is 0 Å². The molecule has 1 heterocycles. The molecule has 0 radical (unpaired) electrons. The van der Waals surface area contributed by atoms with Gasteiger partial charge < -0.3 is 9.73 Å². The second-order valence-corrected chi connectivity index (χ2v) is 4.23. The van der Waals surface area contributed by atoms with Crippen LogP contribution in [0.1, 0.15) is 36.3 Å². The van der Waals surface area contributed by atoms with Crippen LogP contribution in [0.2, 0.25) is 0 Å². The number of hydrogen-bond donors (Lipinski definition) is 1. The molecule has 0 aliphatic carbocycles. The molecule has 90 valence electrons. The van der Waals surface area contributed by atoms with Gasteiger partial charge in [-0.25, -0.2) is 0 Å². The maximum absolute atomic E-state index is 5.41. The van der Waals surface area contributed by atoms with E-state index in [-0.39, 0.29) is 6.04 Å². The lowest BCUT2D eigenvalue weighted by molar-refractivity contribution is 0.517.